The summed E-state index contributed by atoms with van der Waals surface area (Å²) in [6.45, 7) is 3.09. The van der Waals surface area contributed by atoms with E-state index < -0.39 is 0 Å². The summed E-state index contributed by atoms with van der Waals surface area (Å²) in [5, 5.41) is 0. The molecule has 0 aliphatic carbocycles. The lowest BCUT2D eigenvalue weighted by molar-refractivity contribution is -0.134. The van der Waals surface area contributed by atoms with Crippen LogP contribution in [0.15, 0.2) is 47.3 Å². The van der Waals surface area contributed by atoms with Crippen LogP contribution in [0.1, 0.15) is 40.4 Å². The Balaban J connectivity index is 1.24. The largest absolute Gasteiger partial charge is 0.342 e. The van der Waals surface area contributed by atoms with Crippen LogP contribution in [0.5, 0.6) is 0 Å². The van der Waals surface area contributed by atoms with Crippen LogP contribution in [0.3, 0.4) is 0 Å². The van der Waals surface area contributed by atoms with Gasteiger partial charge in [0.1, 0.15) is 0 Å². The maximum atomic E-state index is 12.9. The summed E-state index contributed by atoms with van der Waals surface area (Å²) in [4.78, 5) is 41.2. The lowest BCUT2D eigenvalue weighted by Crippen LogP contribution is -2.49. The van der Waals surface area contributed by atoms with Gasteiger partial charge in [-0.1, -0.05) is 24.3 Å². The molecule has 2 atom stereocenters. The smallest absolute Gasteiger partial charge is 0.254 e. The van der Waals surface area contributed by atoms with Gasteiger partial charge in [-0.15, -0.1) is 0 Å². The number of benzene rings is 1. The quantitative estimate of drug-likeness (QED) is 0.820. The van der Waals surface area contributed by atoms with Gasteiger partial charge in [-0.25, -0.2) is 0 Å². The van der Waals surface area contributed by atoms with E-state index >= 15 is 0 Å². The molecule has 6 nitrogen and oxygen atoms in total. The van der Waals surface area contributed by atoms with E-state index in [0.717, 1.165) is 23.2 Å². The SMILES string of the molecule is O=C(CCN1Cc2ccccc2C1=O)N1CC2CC(C1)c1cccc(=O)n1C2. The molecule has 2 amide bonds. The lowest BCUT2D eigenvalue weighted by atomic mass is 9.83. The molecule has 2 aromatic rings. The fourth-order valence-electron chi connectivity index (χ4n) is 4.98. The molecule has 3 aliphatic rings. The molecule has 144 valence electrons. The van der Waals surface area contributed by atoms with E-state index in [2.05, 4.69) is 0 Å². The zero-order chi connectivity index (χ0) is 19.3. The fourth-order valence-corrected chi connectivity index (χ4v) is 4.98. The summed E-state index contributed by atoms with van der Waals surface area (Å²) >= 11 is 0. The molecule has 0 N–H and O–H groups in total. The van der Waals surface area contributed by atoms with Gasteiger partial charge in [0.2, 0.25) is 5.91 Å². The molecule has 1 aromatic heterocycles. The Labute approximate surface area is 163 Å². The van der Waals surface area contributed by atoms with Crippen molar-refractivity contribution in [1.82, 2.24) is 14.4 Å². The van der Waals surface area contributed by atoms with E-state index in [1.54, 1.807) is 11.0 Å². The maximum absolute atomic E-state index is 12.9. The van der Waals surface area contributed by atoms with Crippen LogP contribution < -0.4 is 5.56 Å². The number of fused-ring (bicyclic) bond motifs is 5. The standard InChI is InChI=1S/C22H23N3O3/c26-20(8-9-23-13-16-4-1-2-5-18(16)22(23)28)24-11-15-10-17(14-24)19-6-3-7-21(27)25(19)12-15/h1-7,15,17H,8-14H2. The lowest BCUT2D eigenvalue weighted by Gasteiger charge is -2.42. The minimum atomic E-state index is 0.0206. The van der Waals surface area contributed by atoms with Crippen LogP contribution in [0.4, 0.5) is 0 Å². The Morgan fingerprint density at radius 2 is 1.86 bits per heavy atom. The average Bonchev–Trinajstić information content (AvgIpc) is 3.03. The van der Waals surface area contributed by atoms with Gasteiger partial charge in [-0.05, 0) is 30.0 Å². The zero-order valence-corrected chi connectivity index (χ0v) is 15.7. The summed E-state index contributed by atoms with van der Waals surface area (Å²) in [6.07, 6.45) is 1.38. The molecular weight excluding hydrogens is 354 g/mol. The van der Waals surface area contributed by atoms with Crippen molar-refractivity contribution in [2.45, 2.75) is 31.8 Å². The first-order chi connectivity index (χ1) is 13.6. The van der Waals surface area contributed by atoms with Gasteiger partial charge in [0, 0.05) is 62.4 Å². The number of piperidine rings is 1. The topological polar surface area (TPSA) is 62.6 Å². The predicted octanol–water partition coefficient (Wildman–Crippen LogP) is 1.84. The molecule has 0 radical (unpaired) electrons. The number of nitrogens with zero attached hydrogens (tertiary/aromatic N) is 3. The van der Waals surface area contributed by atoms with Crippen molar-refractivity contribution in [2.24, 2.45) is 5.92 Å². The molecule has 0 spiro atoms. The molecule has 6 heteroatoms. The molecule has 3 aliphatic heterocycles. The van der Waals surface area contributed by atoms with Crippen molar-refractivity contribution < 1.29 is 9.59 Å². The number of carbonyl (C=O) groups excluding carboxylic acids is 2. The van der Waals surface area contributed by atoms with Crippen molar-refractivity contribution in [1.29, 1.82) is 0 Å². The average molecular weight is 377 g/mol. The van der Waals surface area contributed by atoms with Crippen LogP contribution in [0.25, 0.3) is 0 Å². The second kappa shape index (κ2) is 6.62. The number of carbonyl (C=O) groups is 2. The molecule has 1 saturated heterocycles. The van der Waals surface area contributed by atoms with Gasteiger partial charge < -0.3 is 14.4 Å². The van der Waals surface area contributed by atoms with E-state index in [1.807, 2.05) is 45.9 Å². The van der Waals surface area contributed by atoms with E-state index in [1.165, 1.54) is 0 Å². The molecular formula is C22H23N3O3. The minimum absolute atomic E-state index is 0.0206. The van der Waals surface area contributed by atoms with Gasteiger partial charge in [0.15, 0.2) is 0 Å². The van der Waals surface area contributed by atoms with E-state index in [0.29, 0.717) is 45.1 Å². The number of hydrogen-bond donors (Lipinski definition) is 0. The summed E-state index contributed by atoms with van der Waals surface area (Å²) in [5.74, 6) is 0.674. The summed E-state index contributed by atoms with van der Waals surface area (Å²) in [7, 11) is 0. The third kappa shape index (κ3) is 2.84. The highest BCUT2D eigenvalue weighted by molar-refractivity contribution is 5.98. The van der Waals surface area contributed by atoms with Crippen LogP contribution in [0.2, 0.25) is 0 Å². The zero-order valence-electron chi connectivity index (χ0n) is 15.7. The third-order valence-electron chi connectivity index (χ3n) is 6.32. The van der Waals surface area contributed by atoms with Crippen LogP contribution >= 0.6 is 0 Å². The van der Waals surface area contributed by atoms with Crippen LogP contribution in [0, 0.1) is 5.92 Å². The van der Waals surface area contributed by atoms with Crippen molar-refractivity contribution in [2.75, 3.05) is 19.6 Å². The van der Waals surface area contributed by atoms with Crippen molar-refractivity contribution in [3.8, 4) is 0 Å². The first-order valence-electron chi connectivity index (χ1n) is 9.95. The highest BCUT2D eigenvalue weighted by Crippen LogP contribution is 2.35. The molecule has 1 fully saturated rings. The summed E-state index contributed by atoms with van der Waals surface area (Å²) in [6, 6.07) is 13.1. The molecule has 28 heavy (non-hydrogen) atoms. The van der Waals surface area contributed by atoms with Crippen LogP contribution in [-0.2, 0) is 17.9 Å². The molecule has 0 saturated carbocycles. The second-order valence-electron chi connectivity index (χ2n) is 8.13. The molecule has 5 rings (SSSR count). The van der Waals surface area contributed by atoms with E-state index in [4.69, 9.17) is 0 Å². The van der Waals surface area contributed by atoms with Crippen molar-refractivity contribution in [3.05, 3.63) is 69.6 Å². The predicted molar refractivity (Wildman–Crippen MR) is 104 cm³/mol. The number of amides is 2. The Hall–Kier alpha value is -2.89. The highest BCUT2D eigenvalue weighted by atomic mass is 16.2. The number of aromatic nitrogens is 1. The molecule has 4 heterocycles. The number of pyridine rings is 1. The fraction of sp³-hybridized carbons (Fsp3) is 0.409. The van der Waals surface area contributed by atoms with Gasteiger partial charge in [-0.2, -0.15) is 0 Å². The highest BCUT2D eigenvalue weighted by Gasteiger charge is 2.36. The normalized spacial score (nSPS) is 22.8. The monoisotopic (exact) mass is 377 g/mol. The Kier molecular flexibility index (Phi) is 4.07. The van der Waals surface area contributed by atoms with E-state index in [-0.39, 0.29) is 23.3 Å². The van der Waals surface area contributed by atoms with Gasteiger partial charge >= 0.3 is 0 Å². The first-order valence-corrected chi connectivity index (χ1v) is 9.95. The molecule has 2 unspecified atom stereocenters. The maximum Gasteiger partial charge on any atom is 0.254 e. The second-order valence-corrected chi connectivity index (χ2v) is 8.13. The number of hydrogen-bond acceptors (Lipinski definition) is 3. The number of rotatable bonds is 3. The van der Waals surface area contributed by atoms with Crippen molar-refractivity contribution in [3.63, 3.8) is 0 Å². The molecule has 2 bridgehead atoms. The van der Waals surface area contributed by atoms with E-state index in [9.17, 15) is 14.4 Å². The van der Waals surface area contributed by atoms with Gasteiger partial charge in [0.25, 0.3) is 11.5 Å². The Bertz CT molecular complexity index is 1010. The third-order valence-corrected chi connectivity index (χ3v) is 6.32. The molecule has 1 aromatic carbocycles. The summed E-state index contributed by atoms with van der Waals surface area (Å²) in [5.41, 5.74) is 2.89. The van der Waals surface area contributed by atoms with Crippen molar-refractivity contribution >= 4 is 11.8 Å². The minimum Gasteiger partial charge on any atom is -0.342 e. The van der Waals surface area contributed by atoms with Gasteiger partial charge in [-0.3, -0.25) is 14.4 Å². The van der Waals surface area contributed by atoms with Crippen LogP contribution in [-0.4, -0.2) is 45.8 Å². The Morgan fingerprint density at radius 1 is 1.00 bits per heavy atom. The first kappa shape index (κ1) is 17.2. The number of likely N-dealkylation sites (tertiary alicyclic amines) is 1. The van der Waals surface area contributed by atoms with Gasteiger partial charge in [0.05, 0.1) is 0 Å². The Morgan fingerprint density at radius 3 is 2.71 bits per heavy atom. The summed E-state index contributed by atoms with van der Waals surface area (Å²) < 4.78 is 1.88.